The second-order valence-corrected chi connectivity index (χ2v) is 13.7. The third kappa shape index (κ3) is 8.65. The maximum atomic E-state index is 6.91. The Bertz CT molecular complexity index is 904. The lowest BCUT2D eigenvalue weighted by atomic mass is 9.81. The summed E-state index contributed by atoms with van der Waals surface area (Å²) in [5, 5.41) is 3.68. The van der Waals surface area contributed by atoms with Gasteiger partial charge in [-0.3, -0.25) is 0 Å². The predicted molar refractivity (Wildman–Crippen MR) is 173 cm³/mol. The van der Waals surface area contributed by atoms with Gasteiger partial charge in [-0.05, 0) is 106 Å². The maximum absolute atomic E-state index is 6.91. The lowest BCUT2D eigenvalue weighted by Crippen LogP contribution is -2.27. The first-order chi connectivity index (χ1) is 18.2. The number of nitrogens with two attached hydrogens (primary N) is 2. The molecule has 2 aromatic rings. The van der Waals surface area contributed by atoms with Crippen molar-refractivity contribution in [1.29, 1.82) is 0 Å². The maximum Gasteiger partial charge on any atom is 0.0312 e. The highest BCUT2D eigenvalue weighted by Gasteiger charge is 2.23. The molecule has 220 valence electrons. The van der Waals surface area contributed by atoms with Gasteiger partial charge in [0.15, 0.2) is 0 Å². The first-order valence-corrected chi connectivity index (χ1v) is 15.7. The van der Waals surface area contributed by atoms with Crippen LogP contribution >= 0.6 is 0 Å². The molecule has 39 heavy (non-hydrogen) atoms. The minimum atomic E-state index is 0.0332. The summed E-state index contributed by atoms with van der Waals surface area (Å²) in [5.41, 5.74) is 25.1. The summed E-state index contributed by atoms with van der Waals surface area (Å²) in [6.45, 7) is 29.3. The Labute approximate surface area is 241 Å². The Kier molecular flexibility index (Phi) is 12.7. The van der Waals surface area contributed by atoms with Gasteiger partial charge in [0.25, 0.3) is 0 Å². The van der Waals surface area contributed by atoms with Crippen LogP contribution in [0.4, 0.5) is 0 Å². The zero-order valence-corrected chi connectivity index (χ0v) is 27.4. The molecule has 2 unspecified atom stereocenters. The molecule has 3 heteroatoms. The molecule has 0 radical (unpaired) electrons. The minimum absolute atomic E-state index is 0.0332. The van der Waals surface area contributed by atoms with Crippen molar-refractivity contribution in [3.63, 3.8) is 0 Å². The highest BCUT2D eigenvalue weighted by atomic mass is 14.9. The first-order valence-electron chi connectivity index (χ1n) is 15.7. The Morgan fingerprint density at radius 3 is 0.923 bits per heavy atom. The van der Waals surface area contributed by atoms with Gasteiger partial charge in [-0.15, -0.1) is 0 Å². The second-order valence-electron chi connectivity index (χ2n) is 13.7. The number of benzene rings is 2. The van der Waals surface area contributed by atoms with E-state index in [0.29, 0.717) is 35.5 Å². The normalized spacial score (nSPS) is 14.1. The van der Waals surface area contributed by atoms with Crippen LogP contribution in [-0.4, -0.2) is 13.1 Å². The third-order valence-electron chi connectivity index (χ3n) is 8.36. The molecule has 0 amide bonds. The molecule has 0 aliphatic heterocycles. The Balaban J connectivity index is 2.14. The molecule has 0 aliphatic rings. The Hall–Kier alpha value is -1.68. The molecule has 0 saturated heterocycles. The SMILES string of the molecule is CC(C)c1cc(C(C)C)c(C(N)CCNCCC(N)c2c(C(C)C)cc(C(C)C)cc2C(C)C)c(C(C)C)c1. The third-order valence-corrected chi connectivity index (χ3v) is 8.36. The van der Waals surface area contributed by atoms with Gasteiger partial charge in [0.1, 0.15) is 0 Å². The van der Waals surface area contributed by atoms with Crippen molar-refractivity contribution in [3.8, 4) is 0 Å². The highest BCUT2D eigenvalue weighted by Crippen LogP contribution is 2.37. The summed E-state index contributed by atoms with van der Waals surface area (Å²) in [7, 11) is 0. The molecule has 0 saturated carbocycles. The van der Waals surface area contributed by atoms with Gasteiger partial charge in [0.05, 0.1) is 0 Å². The fraction of sp³-hybridized carbons (Fsp3) is 0.667. The average molecular weight is 536 g/mol. The van der Waals surface area contributed by atoms with E-state index in [4.69, 9.17) is 11.5 Å². The molecular weight excluding hydrogens is 474 g/mol. The molecule has 2 atom stereocenters. The van der Waals surface area contributed by atoms with Crippen LogP contribution in [0, 0.1) is 0 Å². The van der Waals surface area contributed by atoms with Crippen molar-refractivity contribution < 1.29 is 0 Å². The topological polar surface area (TPSA) is 64.1 Å². The van der Waals surface area contributed by atoms with Crippen LogP contribution in [0.25, 0.3) is 0 Å². The van der Waals surface area contributed by atoms with Crippen molar-refractivity contribution in [2.45, 2.75) is 144 Å². The van der Waals surface area contributed by atoms with E-state index in [0.717, 1.165) is 25.9 Å². The summed E-state index contributed by atoms with van der Waals surface area (Å²) >= 11 is 0. The Morgan fingerprint density at radius 1 is 0.462 bits per heavy atom. The van der Waals surface area contributed by atoms with E-state index in [9.17, 15) is 0 Å². The van der Waals surface area contributed by atoms with Crippen LogP contribution in [0.15, 0.2) is 24.3 Å². The monoisotopic (exact) mass is 535 g/mol. The molecule has 0 aromatic heterocycles. The van der Waals surface area contributed by atoms with Crippen LogP contribution in [0.2, 0.25) is 0 Å². The van der Waals surface area contributed by atoms with E-state index in [1.165, 1.54) is 44.5 Å². The lowest BCUT2D eigenvalue weighted by molar-refractivity contribution is 0.531. The summed E-state index contributed by atoms with van der Waals surface area (Å²) in [4.78, 5) is 0. The van der Waals surface area contributed by atoms with Crippen molar-refractivity contribution in [3.05, 3.63) is 68.8 Å². The zero-order chi connectivity index (χ0) is 29.6. The van der Waals surface area contributed by atoms with Crippen molar-refractivity contribution in [1.82, 2.24) is 5.32 Å². The zero-order valence-electron chi connectivity index (χ0n) is 27.4. The van der Waals surface area contributed by atoms with Crippen LogP contribution < -0.4 is 16.8 Å². The molecule has 0 spiro atoms. The first kappa shape index (κ1) is 33.5. The molecule has 0 heterocycles. The smallest absolute Gasteiger partial charge is 0.0312 e. The predicted octanol–water partition coefficient (Wildman–Crippen LogP) is 9.50. The molecule has 2 aromatic carbocycles. The highest BCUT2D eigenvalue weighted by molar-refractivity contribution is 5.46. The van der Waals surface area contributed by atoms with Crippen LogP contribution in [0.3, 0.4) is 0 Å². The fourth-order valence-electron chi connectivity index (χ4n) is 5.81. The van der Waals surface area contributed by atoms with E-state index < -0.39 is 0 Å². The van der Waals surface area contributed by atoms with Gasteiger partial charge in [-0.1, -0.05) is 107 Å². The Morgan fingerprint density at radius 2 is 0.718 bits per heavy atom. The summed E-state index contributed by atoms with van der Waals surface area (Å²) in [5.74, 6) is 2.87. The molecular formula is C36H61N3. The van der Waals surface area contributed by atoms with Gasteiger partial charge in [-0.2, -0.15) is 0 Å². The van der Waals surface area contributed by atoms with Crippen molar-refractivity contribution in [2.24, 2.45) is 11.5 Å². The molecule has 3 nitrogen and oxygen atoms in total. The number of rotatable bonds is 14. The summed E-state index contributed by atoms with van der Waals surface area (Å²) in [6, 6.07) is 9.70. The van der Waals surface area contributed by atoms with E-state index >= 15 is 0 Å². The number of hydrogen-bond donors (Lipinski definition) is 3. The molecule has 0 aliphatic carbocycles. The van der Waals surface area contributed by atoms with Gasteiger partial charge >= 0.3 is 0 Å². The van der Waals surface area contributed by atoms with Crippen molar-refractivity contribution >= 4 is 0 Å². The number of hydrogen-bond acceptors (Lipinski definition) is 3. The van der Waals surface area contributed by atoms with E-state index in [2.05, 4.69) is 113 Å². The summed E-state index contributed by atoms with van der Waals surface area (Å²) < 4.78 is 0. The molecule has 0 bridgehead atoms. The second kappa shape index (κ2) is 14.8. The average Bonchev–Trinajstić information content (AvgIpc) is 2.86. The largest absolute Gasteiger partial charge is 0.324 e. The van der Waals surface area contributed by atoms with Crippen molar-refractivity contribution in [2.75, 3.05) is 13.1 Å². The van der Waals surface area contributed by atoms with Crippen LogP contribution in [-0.2, 0) is 0 Å². The summed E-state index contributed by atoms with van der Waals surface area (Å²) in [6.07, 6.45) is 1.85. The van der Waals surface area contributed by atoms with Gasteiger partial charge in [0.2, 0.25) is 0 Å². The lowest BCUT2D eigenvalue weighted by Gasteiger charge is -2.27. The quantitative estimate of drug-likeness (QED) is 0.211. The van der Waals surface area contributed by atoms with Gasteiger partial charge in [-0.25, -0.2) is 0 Å². The number of nitrogens with one attached hydrogen (secondary N) is 1. The minimum Gasteiger partial charge on any atom is -0.324 e. The van der Waals surface area contributed by atoms with Crippen LogP contribution in [0.5, 0.6) is 0 Å². The standard InChI is InChI=1S/C36H61N3/c1-21(2)27-17-29(23(5)6)35(30(18-27)24(7)8)33(37)13-15-39-16-14-34(38)36-31(25(9)10)19-28(22(3)4)20-32(36)26(11)12/h17-26,33-34,39H,13-16,37-38H2,1-12H3. The molecule has 5 N–H and O–H groups in total. The fourth-order valence-corrected chi connectivity index (χ4v) is 5.81. The van der Waals surface area contributed by atoms with E-state index in [-0.39, 0.29) is 12.1 Å². The van der Waals surface area contributed by atoms with Gasteiger partial charge in [0, 0.05) is 12.1 Å². The van der Waals surface area contributed by atoms with E-state index in [1.54, 1.807) is 0 Å². The molecule has 0 fully saturated rings. The van der Waals surface area contributed by atoms with Crippen LogP contribution in [0.1, 0.15) is 188 Å². The van der Waals surface area contributed by atoms with Gasteiger partial charge < -0.3 is 16.8 Å². The molecule has 2 rings (SSSR count). The van der Waals surface area contributed by atoms with E-state index in [1.807, 2.05) is 0 Å².